The van der Waals surface area contributed by atoms with Crippen LogP contribution in [0, 0.1) is 30.1 Å². The molecule has 66 heavy (non-hydrogen) atoms. The van der Waals surface area contributed by atoms with Crippen molar-refractivity contribution in [3.05, 3.63) is 89.1 Å². The van der Waals surface area contributed by atoms with Gasteiger partial charge >= 0.3 is 0 Å². The predicted molar refractivity (Wildman–Crippen MR) is 250 cm³/mol. The average Bonchev–Trinajstić information content (AvgIpc) is 3.31. The van der Waals surface area contributed by atoms with Gasteiger partial charge in [0, 0.05) is 104 Å². The number of likely N-dealkylation sites (N-methyl/N-ethyl adjacent to an activating group) is 1. The van der Waals surface area contributed by atoms with Crippen LogP contribution in [0.25, 0.3) is 22.4 Å². The Kier molecular flexibility index (Phi) is 19.0. The molecule has 5 rings (SSSR count). The van der Waals surface area contributed by atoms with E-state index in [1.807, 2.05) is 12.1 Å². The summed E-state index contributed by atoms with van der Waals surface area (Å²) in [6.07, 6.45) is 7.12. The molecule has 16 heteroatoms. The van der Waals surface area contributed by atoms with Crippen molar-refractivity contribution in [3.8, 4) is 40.0 Å². The Hall–Kier alpha value is -6.41. The lowest BCUT2D eigenvalue weighted by Gasteiger charge is -2.32. The molecule has 4 bridgehead atoms. The van der Waals surface area contributed by atoms with E-state index in [2.05, 4.69) is 22.2 Å². The molecule has 0 saturated carbocycles. The highest BCUT2D eigenvalue weighted by Crippen LogP contribution is 2.41. The van der Waals surface area contributed by atoms with Gasteiger partial charge in [-0.3, -0.25) is 29.0 Å². The molecule has 0 radical (unpaired) electrons. The van der Waals surface area contributed by atoms with E-state index in [0.29, 0.717) is 56.3 Å². The number of rotatable bonds is 21. The number of nitrogens with two attached hydrogens (primary N) is 3. The van der Waals surface area contributed by atoms with Gasteiger partial charge in [-0.25, -0.2) is 9.97 Å². The Balaban J connectivity index is 1.53. The summed E-state index contributed by atoms with van der Waals surface area (Å²) < 4.78 is 12.2. The van der Waals surface area contributed by atoms with Crippen LogP contribution in [0.3, 0.4) is 0 Å². The number of carbonyl (C=O) groups excluding carboxylic acids is 5. The third kappa shape index (κ3) is 13.1. The molecule has 1 aliphatic heterocycles. The number of aryl methyl sites for hydroxylation is 2. The first kappa shape index (κ1) is 50.6. The number of aromatic nitrogens is 3. The number of nitrogens with one attached hydrogen (secondary N) is 1. The van der Waals surface area contributed by atoms with Gasteiger partial charge in [-0.15, -0.1) is 0 Å². The van der Waals surface area contributed by atoms with Crippen molar-refractivity contribution < 1.29 is 33.4 Å². The number of fused-ring (bicyclic) bond motifs is 5. The highest BCUT2D eigenvalue weighted by Gasteiger charge is 2.36. The van der Waals surface area contributed by atoms with Crippen LogP contribution in [0.1, 0.15) is 104 Å². The van der Waals surface area contributed by atoms with Crippen molar-refractivity contribution in [2.75, 3.05) is 39.9 Å². The molecule has 2 amide bonds. The fourth-order valence-electron chi connectivity index (χ4n) is 8.14. The fraction of sp³-hybridized carbons (Fsp3) is 0.460. The first-order chi connectivity index (χ1) is 31.8. The second-order valence-electron chi connectivity index (χ2n) is 16.7. The number of nitrogens with zero attached hydrogens (tertiary/aromatic N) is 5. The minimum absolute atomic E-state index is 0.0311. The number of unbranched alkanes of at least 4 members (excludes halogenated alkanes) is 2. The molecule has 1 aliphatic rings. The number of pyridine rings is 1. The molecule has 16 nitrogen and oxygen atoms in total. The van der Waals surface area contributed by atoms with E-state index < -0.39 is 41.5 Å². The largest absolute Gasteiger partial charge is 0.492 e. The van der Waals surface area contributed by atoms with E-state index in [1.165, 1.54) is 11.9 Å². The standard InChI is InChI=1S/C50H63N9O7/c1-5-6-7-10-47-55-29-36(30-56-47)40-14-13-37(32(3)57-40)43(61)28-35(17-19-52)50(64)59(4)48-34-12-16-46(66-23-21-54)39(27-34)38-25-33(11-15-45(38)65-22-20-53)26-41(42(60)9-8-18-51)58-49(63)31(2)24-44(48)62/h11-16,25,27,29-31,35,41,48H,5-10,17,19-24,26,28,52-54H2,1-4H3,(H,58,63)/t31-,35-,41+,48+/m1/s1. The lowest BCUT2D eigenvalue weighted by molar-refractivity contribution is -0.142. The SMILES string of the molecule is CCCCCc1ncc(-c2ccc(C(=O)C[C@@H](CCN)C(=O)N(C)[C@@H]3C(=O)C[C@@H](C)C(=O)N[C@H](C(=O)CCC#N)Cc4ccc(OCCN)c(c4)-c4cc3ccc4OCCN)c(C)n2)cn1. The quantitative estimate of drug-likeness (QED) is 0.0622. The van der Waals surface area contributed by atoms with E-state index in [-0.39, 0.29) is 82.9 Å². The van der Waals surface area contributed by atoms with E-state index in [0.717, 1.165) is 31.5 Å². The minimum atomic E-state index is -1.24. The number of carbonyl (C=O) groups is 5. The highest BCUT2D eigenvalue weighted by molar-refractivity contribution is 6.01. The summed E-state index contributed by atoms with van der Waals surface area (Å²) >= 11 is 0. The lowest BCUT2D eigenvalue weighted by Crippen LogP contribution is -2.46. The van der Waals surface area contributed by atoms with E-state index >= 15 is 0 Å². The van der Waals surface area contributed by atoms with Crippen LogP contribution < -0.4 is 32.0 Å². The third-order valence-electron chi connectivity index (χ3n) is 11.7. The van der Waals surface area contributed by atoms with Crippen LogP contribution in [0.4, 0.5) is 0 Å². The first-order valence-electron chi connectivity index (χ1n) is 22.8. The molecule has 0 aliphatic carbocycles. The second kappa shape index (κ2) is 24.8. The van der Waals surface area contributed by atoms with Crippen LogP contribution in [0.15, 0.2) is 60.9 Å². The fourth-order valence-corrected chi connectivity index (χ4v) is 8.14. The molecular weight excluding hydrogens is 839 g/mol. The monoisotopic (exact) mass is 901 g/mol. The number of Topliss-reactive ketones (excluding diaryl/α,β-unsaturated/α-hetero) is 3. The van der Waals surface area contributed by atoms with Gasteiger partial charge in [0.05, 0.1) is 17.8 Å². The van der Waals surface area contributed by atoms with E-state index in [4.69, 9.17) is 31.7 Å². The Labute approximate surface area is 387 Å². The number of ether oxygens (including phenoxy) is 2. The van der Waals surface area contributed by atoms with Crippen molar-refractivity contribution in [2.24, 2.45) is 29.0 Å². The highest BCUT2D eigenvalue weighted by atomic mass is 16.5. The second-order valence-corrected chi connectivity index (χ2v) is 16.7. The Morgan fingerprint density at radius 2 is 1.61 bits per heavy atom. The molecule has 4 atom stereocenters. The molecule has 3 heterocycles. The number of nitriles is 1. The number of hydrogen-bond acceptors (Lipinski definition) is 14. The molecule has 2 aromatic heterocycles. The predicted octanol–water partition coefficient (Wildman–Crippen LogP) is 5.17. The Bertz CT molecular complexity index is 2380. The van der Waals surface area contributed by atoms with Gasteiger partial charge in [0.15, 0.2) is 17.3 Å². The average molecular weight is 902 g/mol. The van der Waals surface area contributed by atoms with Crippen LogP contribution in [0.2, 0.25) is 0 Å². The Morgan fingerprint density at radius 3 is 2.24 bits per heavy atom. The molecule has 4 aromatic rings. The molecule has 0 spiro atoms. The van der Waals surface area contributed by atoms with Crippen molar-refractivity contribution in [3.63, 3.8) is 0 Å². The van der Waals surface area contributed by atoms with Gasteiger partial charge in [0.1, 0.15) is 36.6 Å². The maximum atomic E-state index is 14.7. The van der Waals surface area contributed by atoms with Crippen molar-refractivity contribution in [1.82, 2.24) is 25.2 Å². The summed E-state index contributed by atoms with van der Waals surface area (Å²) in [5, 5.41) is 12.1. The molecule has 0 saturated heterocycles. The van der Waals surface area contributed by atoms with E-state index in [9.17, 15) is 29.2 Å². The number of ketones is 3. The smallest absolute Gasteiger partial charge is 0.226 e. The zero-order valence-corrected chi connectivity index (χ0v) is 38.5. The maximum Gasteiger partial charge on any atom is 0.226 e. The molecule has 2 aromatic carbocycles. The normalized spacial score (nSPS) is 16.6. The number of benzene rings is 2. The summed E-state index contributed by atoms with van der Waals surface area (Å²) in [7, 11) is 1.50. The van der Waals surface area contributed by atoms with Gasteiger partial charge in [0.2, 0.25) is 11.8 Å². The molecule has 0 fully saturated rings. The van der Waals surface area contributed by atoms with Crippen LogP contribution in [-0.2, 0) is 32.0 Å². The summed E-state index contributed by atoms with van der Waals surface area (Å²) in [6, 6.07) is 13.7. The lowest BCUT2D eigenvalue weighted by atomic mass is 9.88. The minimum Gasteiger partial charge on any atom is -0.492 e. The molecular formula is C50H63N9O7. The molecule has 0 unspecified atom stereocenters. The van der Waals surface area contributed by atoms with Crippen molar-refractivity contribution in [1.29, 1.82) is 5.26 Å². The molecule has 350 valence electrons. The van der Waals surface area contributed by atoms with Crippen molar-refractivity contribution in [2.45, 2.75) is 97.1 Å². The summed E-state index contributed by atoms with van der Waals surface area (Å²) in [5.74, 6) is -2.35. The summed E-state index contributed by atoms with van der Waals surface area (Å²) in [5.41, 5.74) is 22.1. The van der Waals surface area contributed by atoms with Crippen LogP contribution in [-0.4, -0.2) is 95.0 Å². The van der Waals surface area contributed by atoms with Gasteiger partial charge in [0.25, 0.3) is 0 Å². The number of hydrogen-bond donors (Lipinski definition) is 4. The van der Waals surface area contributed by atoms with Gasteiger partial charge < -0.3 is 36.9 Å². The first-order valence-corrected chi connectivity index (χ1v) is 22.8. The van der Waals surface area contributed by atoms with Crippen molar-refractivity contribution >= 4 is 29.2 Å². The maximum absolute atomic E-state index is 14.7. The summed E-state index contributed by atoms with van der Waals surface area (Å²) in [6.45, 7) is 6.32. The molecule has 7 N–H and O–H groups in total. The van der Waals surface area contributed by atoms with Gasteiger partial charge in [-0.05, 0) is 80.3 Å². The Morgan fingerprint density at radius 1 is 0.924 bits per heavy atom. The zero-order chi connectivity index (χ0) is 47.8. The number of amides is 2. The zero-order valence-electron chi connectivity index (χ0n) is 38.5. The van der Waals surface area contributed by atoms with Gasteiger partial charge in [-0.2, -0.15) is 5.26 Å². The van der Waals surface area contributed by atoms with Crippen LogP contribution >= 0.6 is 0 Å². The van der Waals surface area contributed by atoms with Gasteiger partial charge in [-0.1, -0.05) is 38.8 Å². The third-order valence-corrected chi connectivity index (χ3v) is 11.7. The summed E-state index contributed by atoms with van der Waals surface area (Å²) in [4.78, 5) is 85.8. The topological polar surface area (TPSA) is 260 Å². The van der Waals surface area contributed by atoms with E-state index in [1.54, 1.807) is 68.7 Å². The van der Waals surface area contributed by atoms with Crippen LogP contribution in [0.5, 0.6) is 11.5 Å².